The van der Waals surface area contributed by atoms with Crippen molar-refractivity contribution in [1.82, 2.24) is 10.2 Å². The smallest absolute Gasteiger partial charge is 0.370 e. The van der Waals surface area contributed by atoms with Gasteiger partial charge in [0.2, 0.25) is 5.91 Å². The number of likely N-dealkylation sites (N-methyl/N-ethyl adjacent to an activating group) is 1. The number of carbonyl (C=O) groups is 3. The first kappa shape index (κ1) is 27.9. The first-order chi connectivity index (χ1) is 17.0. The second-order valence-electron chi connectivity index (χ2n) is 7.87. The molecule has 1 atom stereocenters. The zero-order valence-corrected chi connectivity index (χ0v) is 21.2. The Labute approximate surface area is 215 Å². The van der Waals surface area contributed by atoms with E-state index in [4.69, 9.17) is 16.3 Å². The molecule has 1 aromatic carbocycles. The van der Waals surface area contributed by atoms with E-state index in [0.717, 1.165) is 23.5 Å². The number of hydrogen-bond acceptors (Lipinski definition) is 6. The third-order valence-electron chi connectivity index (χ3n) is 5.67. The minimum Gasteiger partial charge on any atom is -0.370 e. The molecule has 1 aromatic heterocycles. The first-order valence-corrected chi connectivity index (χ1v) is 12.4. The Morgan fingerprint density at radius 1 is 1.22 bits per heavy atom. The van der Waals surface area contributed by atoms with Gasteiger partial charge in [0.25, 0.3) is 11.8 Å². The molecule has 36 heavy (non-hydrogen) atoms. The van der Waals surface area contributed by atoms with E-state index in [9.17, 15) is 27.6 Å². The van der Waals surface area contributed by atoms with Gasteiger partial charge in [0.05, 0.1) is 27.1 Å². The summed E-state index contributed by atoms with van der Waals surface area (Å²) in [5.74, 6) is -1.59. The number of anilines is 2. The molecule has 0 aliphatic carbocycles. The van der Waals surface area contributed by atoms with Crippen molar-refractivity contribution in [3.63, 3.8) is 0 Å². The molecule has 196 valence electrons. The average molecular weight is 547 g/mol. The van der Waals surface area contributed by atoms with Crippen LogP contribution in [0.5, 0.6) is 0 Å². The number of nitrogens with zero attached hydrogens (tertiary/aromatic N) is 2. The quantitative estimate of drug-likeness (QED) is 0.498. The Bertz CT molecular complexity index is 1110. The van der Waals surface area contributed by atoms with Crippen LogP contribution in [0.2, 0.25) is 4.34 Å². The molecule has 3 amide bonds. The summed E-state index contributed by atoms with van der Waals surface area (Å²) in [5.41, 5.74) is -1.45. The molecule has 1 fully saturated rings. The largest absolute Gasteiger partial charge is 0.418 e. The van der Waals surface area contributed by atoms with Crippen LogP contribution in [0.15, 0.2) is 30.3 Å². The summed E-state index contributed by atoms with van der Waals surface area (Å²) in [5, 5.41) is 5.04. The van der Waals surface area contributed by atoms with E-state index < -0.39 is 41.2 Å². The zero-order chi connectivity index (χ0) is 26.5. The highest BCUT2D eigenvalue weighted by Gasteiger charge is 2.36. The van der Waals surface area contributed by atoms with Gasteiger partial charge in [-0.25, -0.2) is 0 Å². The number of amides is 3. The van der Waals surface area contributed by atoms with Crippen molar-refractivity contribution in [2.75, 3.05) is 49.6 Å². The molecule has 2 N–H and O–H groups in total. The molecule has 1 saturated heterocycles. The topological polar surface area (TPSA) is 91.0 Å². The summed E-state index contributed by atoms with van der Waals surface area (Å²) in [7, 11) is 0. The molecular formula is C23H26ClF3N4O4S. The van der Waals surface area contributed by atoms with E-state index in [0.29, 0.717) is 22.3 Å². The summed E-state index contributed by atoms with van der Waals surface area (Å²) in [4.78, 5) is 41.0. The van der Waals surface area contributed by atoms with Crippen LogP contribution in [-0.2, 0) is 20.5 Å². The molecule has 0 saturated carbocycles. The number of thiophene rings is 1. The van der Waals surface area contributed by atoms with Crippen molar-refractivity contribution in [2.45, 2.75) is 26.1 Å². The highest BCUT2D eigenvalue weighted by Crippen LogP contribution is 2.37. The maximum Gasteiger partial charge on any atom is 0.418 e. The minimum atomic E-state index is -4.79. The molecule has 1 aliphatic rings. The van der Waals surface area contributed by atoms with Gasteiger partial charge in [-0.2, -0.15) is 13.2 Å². The second-order valence-corrected chi connectivity index (χ2v) is 9.58. The zero-order valence-electron chi connectivity index (χ0n) is 19.7. The highest BCUT2D eigenvalue weighted by molar-refractivity contribution is 7.18. The second kappa shape index (κ2) is 12.0. The molecule has 0 bridgehead atoms. The van der Waals surface area contributed by atoms with Gasteiger partial charge >= 0.3 is 6.18 Å². The molecular weight excluding hydrogens is 521 g/mol. The van der Waals surface area contributed by atoms with E-state index >= 15 is 0 Å². The number of alkyl halides is 3. The van der Waals surface area contributed by atoms with Gasteiger partial charge in [-0.1, -0.05) is 25.4 Å². The van der Waals surface area contributed by atoms with E-state index in [-0.39, 0.29) is 32.0 Å². The van der Waals surface area contributed by atoms with Crippen molar-refractivity contribution in [2.24, 2.45) is 0 Å². The van der Waals surface area contributed by atoms with Crippen LogP contribution in [0.25, 0.3) is 0 Å². The van der Waals surface area contributed by atoms with Crippen LogP contribution >= 0.6 is 22.9 Å². The highest BCUT2D eigenvalue weighted by atomic mass is 35.5. The van der Waals surface area contributed by atoms with Crippen LogP contribution < -0.4 is 15.5 Å². The summed E-state index contributed by atoms with van der Waals surface area (Å²) in [6, 6.07) is 5.51. The van der Waals surface area contributed by atoms with Gasteiger partial charge in [-0.15, -0.1) is 11.3 Å². The maximum absolute atomic E-state index is 13.9. The number of rotatable bonds is 9. The maximum atomic E-state index is 13.9. The summed E-state index contributed by atoms with van der Waals surface area (Å²) in [6.07, 6.45) is -4.79. The lowest BCUT2D eigenvalue weighted by atomic mass is 10.1. The molecule has 3 rings (SSSR count). The monoisotopic (exact) mass is 546 g/mol. The molecule has 0 unspecified atom stereocenters. The van der Waals surface area contributed by atoms with Crippen molar-refractivity contribution < 1.29 is 32.3 Å². The number of nitrogens with one attached hydrogen (secondary N) is 2. The van der Waals surface area contributed by atoms with Gasteiger partial charge in [0, 0.05) is 18.8 Å². The lowest BCUT2D eigenvalue weighted by Crippen LogP contribution is -2.50. The lowest BCUT2D eigenvalue weighted by Gasteiger charge is -2.30. The molecule has 1 aliphatic heterocycles. The Balaban J connectivity index is 1.83. The van der Waals surface area contributed by atoms with E-state index in [1.807, 2.05) is 0 Å². The summed E-state index contributed by atoms with van der Waals surface area (Å²) >= 11 is 6.94. The van der Waals surface area contributed by atoms with Crippen LogP contribution in [0.1, 0.15) is 29.1 Å². The van der Waals surface area contributed by atoms with Crippen molar-refractivity contribution in [3.8, 4) is 0 Å². The summed E-state index contributed by atoms with van der Waals surface area (Å²) in [6.45, 7) is 4.47. The Kier molecular flexibility index (Phi) is 9.34. The van der Waals surface area contributed by atoms with E-state index in [1.54, 1.807) is 30.9 Å². The number of carbonyl (C=O) groups excluding carboxylic acids is 3. The molecule has 2 heterocycles. The van der Waals surface area contributed by atoms with Crippen molar-refractivity contribution in [3.05, 3.63) is 45.1 Å². The molecule has 0 radical (unpaired) electrons. The molecule has 0 spiro atoms. The molecule has 2 aromatic rings. The summed E-state index contributed by atoms with van der Waals surface area (Å²) < 4.78 is 47.2. The SMILES string of the molecule is CCN(CC)[C@H](CNC(=O)c1ccc(Cl)s1)C(=O)Nc1ccc(N2CCOCC2=O)cc1C(F)(F)F. The average Bonchev–Trinajstić information content (AvgIpc) is 3.28. The van der Waals surface area contributed by atoms with Crippen LogP contribution in [0.3, 0.4) is 0 Å². The number of benzene rings is 1. The van der Waals surface area contributed by atoms with Gasteiger partial charge < -0.3 is 20.3 Å². The Morgan fingerprint density at radius 3 is 2.53 bits per heavy atom. The van der Waals surface area contributed by atoms with Crippen molar-refractivity contribution in [1.29, 1.82) is 0 Å². The first-order valence-electron chi connectivity index (χ1n) is 11.2. The fourth-order valence-electron chi connectivity index (χ4n) is 3.82. The van der Waals surface area contributed by atoms with E-state index in [2.05, 4.69) is 10.6 Å². The van der Waals surface area contributed by atoms with Gasteiger partial charge in [0.15, 0.2) is 0 Å². The standard InChI is InChI=1S/C23H26ClF3N4O4S/c1-3-30(4-2)17(12-28-22(34)18-7-8-19(24)36-18)21(33)29-16-6-5-14(11-15(16)23(25,26)27)31-9-10-35-13-20(31)32/h5-8,11,17H,3-4,9-10,12-13H2,1-2H3,(H,28,34)(H,29,33)/t17-/m1/s1. The van der Waals surface area contributed by atoms with Crippen LogP contribution in [0.4, 0.5) is 24.5 Å². The number of morpholine rings is 1. The normalized spacial score (nSPS) is 15.2. The predicted molar refractivity (Wildman–Crippen MR) is 132 cm³/mol. The fraction of sp³-hybridized carbons (Fsp3) is 0.435. The van der Waals surface area contributed by atoms with Gasteiger partial charge in [0.1, 0.15) is 12.6 Å². The molecule has 8 nitrogen and oxygen atoms in total. The fourth-order valence-corrected chi connectivity index (χ4v) is 4.78. The third kappa shape index (κ3) is 6.75. The van der Waals surface area contributed by atoms with Crippen molar-refractivity contribution >= 4 is 52.0 Å². The number of halogens is 4. The van der Waals surface area contributed by atoms with Crippen LogP contribution in [0, 0.1) is 0 Å². The van der Waals surface area contributed by atoms with Gasteiger partial charge in [-0.05, 0) is 43.4 Å². The Morgan fingerprint density at radius 2 is 1.94 bits per heavy atom. The predicted octanol–water partition coefficient (Wildman–Crippen LogP) is 3.86. The number of ether oxygens (including phenoxy) is 1. The molecule has 13 heteroatoms. The Hall–Kier alpha value is -2.67. The van der Waals surface area contributed by atoms with E-state index in [1.165, 1.54) is 11.0 Å². The van der Waals surface area contributed by atoms with Gasteiger partial charge in [-0.3, -0.25) is 19.3 Å². The number of hydrogen-bond donors (Lipinski definition) is 2. The lowest BCUT2D eigenvalue weighted by molar-refractivity contribution is -0.137. The van der Waals surface area contributed by atoms with Crippen LogP contribution in [-0.4, -0.2) is 68.1 Å². The third-order valence-corrected chi connectivity index (χ3v) is 6.90. The minimum absolute atomic E-state index is 0.0655.